The van der Waals surface area contributed by atoms with Crippen LogP contribution in [0.5, 0.6) is 11.5 Å². The van der Waals surface area contributed by atoms with Crippen LogP contribution >= 0.6 is 11.6 Å². The van der Waals surface area contributed by atoms with Gasteiger partial charge in [-0.05, 0) is 71.8 Å². The normalized spacial score (nSPS) is 16.5. The number of nitrogens with zero attached hydrogens (tertiary/aromatic N) is 1. The number of nitrogens with one attached hydrogen (secondary N) is 1. The minimum atomic E-state index is -0.803. The summed E-state index contributed by atoms with van der Waals surface area (Å²) in [4.78, 5) is 29.6. The maximum Gasteiger partial charge on any atom is 0.259 e. The molecule has 4 aromatic carbocycles. The van der Waals surface area contributed by atoms with Gasteiger partial charge in [0.2, 0.25) is 5.91 Å². The van der Waals surface area contributed by atoms with Crippen molar-refractivity contribution in [2.75, 3.05) is 24.4 Å². The van der Waals surface area contributed by atoms with Crippen molar-refractivity contribution < 1.29 is 23.5 Å². The Hall–Kier alpha value is -4.36. The molecule has 0 aromatic heterocycles. The third-order valence-electron chi connectivity index (χ3n) is 6.62. The molecule has 0 spiro atoms. The number of carbonyl (C=O) groups excluding carboxylic acids is 2. The predicted molar refractivity (Wildman–Crippen MR) is 145 cm³/mol. The van der Waals surface area contributed by atoms with Crippen LogP contribution in [-0.4, -0.2) is 26.0 Å². The van der Waals surface area contributed by atoms with Crippen LogP contribution in [0, 0.1) is 5.82 Å². The number of benzene rings is 4. The van der Waals surface area contributed by atoms with Crippen LogP contribution in [0.4, 0.5) is 15.8 Å². The molecule has 0 fully saturated rings. The molecule has 2 atom stereocenters. The van der Waals surface area contributed by atoms with Crippen molar-refractivity contribution in [3.63, 3.8) is 0 Å². The molecule has 38 heavy (non-hydrogen) atoms. The number of hydrogen-bond donors (Lipinski definition) is 1. The van der Waals surface area contributed by atoms with Crippen molar-refractivity contribution in [2.24, 2.45) is 0 Å². The Kier molecular flexibility index (Phi) is 7.03. The number of fused-ring (bicyclic) bond motifs is 1. The zero-order valence-electron chi connectivity index (χ0n) is 20.7. The Balaban J connectivity index is 1.67. The van der Waals surface area contributed by atoms with Crippen LogP contribution in [0.25, 0.3) is 0 Å². The van der Waals surface area contributed by atoms with Crippen molar-refractivity contribution in [1.82, 2.24) is 0 Å². The van der Waals surface area contributed by atoms with Crippen molar-refractivity contribution in [3.05, 3.63) is 119 Å². The fourth-order valence-electron chi connectivity index (χ4n) is 4.78. The molecule has 0 saturated heterocycles. The molecule has 2 amide bonds. The second-order valence-corrected chi connectivity index (χ2v) is 9.18. The lowest BCUT2D eigenvalue weighted by atomic mass is 9.78. The lowest BCUT2D eigenvalue weighted by molar-refractivity contribution is -0.118. The summed E-state index contributed by atoms with van der Waals surface area (Å²) in [6.07, 6.45) is 0. The van der Waals surface area contributed by atoms with Crippen LogP contribution in [0.1, 0.15) is 33.4 Å². The molecule has 1 aliphatic rings. The molecule has 0 aliphatic carbocycles. The van der Waals surface area contributed by atoms with E-state index < -0.39 is 17.8 Å². The van der Waals surface area contributed by atoms with Crippen LogP contribution in [0.3, 0.4) is 0 Å². The summed E-state index contributed by atoms with van der Waals surface area (Å²) in [5, 5.41) is 2.77. The summed E-state index contributed by atoms with van der Waals surface area (Å²) >= 11 is 5.96. The van der Waals surface area contributed by atoms with Crippen molar-refractivity contribution in [2.45, 2.75) is 12.0 Å². The van der Waals surface area contributed by atoms with Gasteiger partial charge in [-0.1, -0.05) is 41.9 Å². The standard InChI is InChI=1S/C30H24ClFN2O4/c1-37-21-12-7-18(8-13-21)28-27(29(35)33-19-9-16-26(32)25(31)17-19)23-5-3-4-6-24(23)30(36)34(28)20-10-14-22(38-2)15-11-20/h3-17,27-28H,1-2H3,(H,33,35)/t27-,28-/m0/s1. The second kappa shape index (κ2) is 10.6. The van der Waals surface area contributed by atoms with E-state index in [4.69, 9.17) is 21.1 Å². The Bertz CT molecular complexity index is 1490. The lowest BCUT2D eigenvalue weighted by Gasteiger charge is -2.42. The average Bonchev–Trinajstić information content (AvgIpc) is 2.95. The highest BCUT2D eigenvalue weighted by atomic mass is 35.5. The van der Waals surface area contributed by atoms with Gasteiger partial charge in [0, 0.05) is 16.9 Å². The summed E-state index contributed by atoms with van der Waals surface area (Å²) in [5.41, 5.74) is 2.70. The minimum Gasteiger partial charge on any atom is -0.497 e. The van der Waals surface area contributed by atoms with Gasteiger partial charge >= 0.3 is 0 Å². The monoisotopic (exact) mass is 530 g/mol. The van der Waals surface area contributed by atoms with Crippen LogP contribution < -0.4 is 19.7 Å². The average molecular weight is 531 g/mol. The molecule has 8 heteroatoms. The minimum absolute atomic E-state index is 0.103. The number of carbonyl (C=O) groups is 2. The highest BCUT2D eigenvalue weighted by Crippen LogP contribution is 2.46. The van der Waals surface area contributed by atoms with Crippen LogP contribution in [0.2, 0.25) is 5.02 Å². The molecule has 6 nitrogen and oxygen atoms in total. The van der Waals surface area contributed by atoms with Gasteiger partial charge in [0.1, 0.15) is 17.3 Å². The van der Waals surface area contributed by atoms with Crippen molar-refractivity contribution in [1.29, 1.82) is 0 Å². The molecule has 192 valence electrons. The summed E-state index contributed by atoms with van der Waals surface area (Å²) in [7, 11) is 3.14. The van der Waals surface area contributed by atoms with Gasteiger partial charge in [-0.3, -0.25) is 14.5 Å². The Morgan fingerprint density at radius 2 is 1.53 bits per heavy atom. The molecule has 0 bridgehead atoms. The van der Waals surface area contributed by atoms with E-state index in [1.165, 1.54) is 18.2 Å². The zero-order valence-corrected chi connectivity index (χ0v) is 21.4. The van der Waals surface area contributed by atoms with Crippen LogP contribution in [0.15, 0.2) is 91.0 Å². The molecule has 0 radical (unpaired) electrons. The summed E-state index contributed by atoms with van der Waals surface area (Å²) in [6, 6.07) is 24.8. The van der Waals surface area contributed by atoms with Gasteiger partial charge in [0.15, 0.2) is 0 Å². The molecule has 0 saturated carbocycles. The molecule has 5 rings (SSSR count). The number of hydrogen-bond acceptors (Lipinski definition) is 4. The third kappa shape index (κ3) is 4.68. The maximum absolute atomic E-state index is 14.0. The fraction of sp³-hybridized carbons (Fsp3) is 0.133. The van der Waals surface area contributed by atoms with E-state index in [9.17, 15) is 14.0 Å². The highest BCUT2D eigenvalue weighted by Gasteiger charge is 2.45. The van der Waals surface area contributed by atoms with Crippen molar-refractivity contribution >= 4 is 34.8 Å². The van der Waals surface area contributed by atoms with Gasteiger partial charge in [-0.25, -0.2) is 4.39 Å². The van der Waals surface area contributed by atoms with E-state index in [2.05, 4.69) is 5.32 Å². The SMILES string of the molecule is COc1ccc([C@H]2[C@@H](C(=O)Nc3ccc(F)c(Cl)c3)c3ccccc3C(=O)N2c2ccc(OC)cc2)cc1. The first-order chi connectivity index (χ1) is 18.4. The van der Waals surface area contributed by atoms with Gasteiger partial charge in [0.25, 0.3) is 5.91 Å². The Morgan fingerprint density at radius 1 is 0.895 bits per heavy atom. The molecular formula is C30H24ClFN2O4. The first-order valence-electron chi connectivity index (χ1n) is 11.9. The third-order valence-corrected chi connectivity index (χ3v) is 6.91. The van der Waals surface area contributed by atoms with Crippen LogP contribution in [-0.2, 0) is 4.79 Å². The number of rotatable bonds is 6. The maximum atomic E-state index is 14.0. The van der Waals surface area contributed by atoms with E-state index in [1.807, 2.05) is 12.1 Å². The van der Waals surface area contributed by atoms with Gasteiger partial charge in [-0.2, -0.15) is 0 Å². The Labute approximate surface area is 224 Å². The number of methoxy groups -OCH3 is 2. The predicted octanol–water partition coefficient (Wildman–Crippen LogP) is 6.62. The fourth-order valence-corrected chi connectivity index (χ4v) is 4.96. The summed E-state index contributed by atoms with van der Waals surface area (Å²) < 4.78 is 24.4. The quantitative estimate of drug-likeness (QED) is 0.304. The number of anilines is 2. The van der Waals surface area contributed by atoms with Gasteiger partial charge < -0.3 is 14.8 Å². The molecule has 1 aliphatic heterocycles. The van der Waals surface area contributed by atoms with E-state index in [0.29, 0.717) is 34.0 Å². The largest absolute Gasteiger partial charge is 0.497 e. The van der Waals surface area contributed by atoms with E-state index in [-0.39, 0.29) is 16.8 Å². The molecule has 1 N–H and O–H groups in total. The van der Waals surface area contributed by atoms with Gasteiger partial charge in [-0.15, -0.1) is 0 Å². The highest BCUT2D eigenvalue weighted by molar-refractivity contribution is 6.31. The molecule has 0 unspecified atom stereocenters. The molecular weight excluding hydrogens is 507 g/mol. The number of halogens is 2. The topological polar surface area (TPSA) is 67.9 Å². The number of amides is 2. The Morgan fingerprint density at radius 3 is 2.16 bits per heavy atom. The zero-order chi connectivity index (χ0) is 26.8. The van der Waals surface area contributed by atoms with E-state index in [1.54, 1.807) is 79.8 Å². The van der Waals surface area contributed by atoms with E-state index >= 15 is 0 Å². The number of ether oxygens (including phenoxy) is 2. The molecule has 4 aromatic rings. The first kappa shape index (κ1) is 25.3. The van der Waals surface area contributed by atoms with Gasteiger partial charge in [0.05, 0.1) is 31.2 Å². The summed E-state index contributed by atoms with van der Waals surface area (Å²) in [5.74, 6) is -0.702. The summed E-state index contributed by atoms with van der Waals surface area (Å²) in [6.45, 7) is 0. The molecule has 1 heterocycles. The lowest BCUT2D eigenvalue weighted by Crippen LogP contribution is -2.46. The smallest absolute Gasteiger partial charge is 0.259 e. The van der Waals surface area contributed by atoms with E-state index in [0.717, 1.165) is 5.56 Å². The second-order valence-electron chi connectivity index (χ2n) is 8.77. The van der Waals surface area contributed by atoms with Crippen molar-refractivity contribution in [3.8, 4) is 11.5 Å². The first-order valence-corrected chi connectivity index (χ1v) is 12.3.